The Bertz CT molecular complexity index is 584. The Morgan fingerprint density at radius 1 is 0.941 bits per heavy atom. The zero-order valence-electron chi connectivity index (χ0n) is 8.89. The van der Waals surface area contributed by atoms with Crippen LogP contribution in [0.3, 0.4) is 0 Å². The first-order chi connectivity index (χ1) is 8.18. The number of halogens is 1. The first-order valence-corrected chi connectivity index (χ1v) is 6.21. The average molecular weight is 289 g/mol. The van der Waals surface area contributed by atoms with Crippen LogP contribution in [0.1, 0.15) is 20.7 Å². The third-order valence-electron chi connectivity index (χ3n) is 3.25. The number of carbonyl (C=O) groups is 2. The maximum Gasteiger partial charge on any atom is 0.171 e. The van der Waals surface area contributed by atoms with E-state index in [9.17, 15) is 9.59 Å². The van der Waals surface area contributed by atoms with Gasteiger partial charge in [0.1, 0.15) is 0 Å². The SMILES string of the molecule is O=C1c2ccccc2C(=O)C2C=C(Br)C=CC12. The Hall–Kier alpha value is -1.48. The van der Waals surface area contributed by atoms with E-state index in [4.69, 9.17) is 0 Å². The van der Waals surface area contributed by atoms with Gasteiger partial charge in [0.2, 0.25) is 0 Å². The smallest absolute Gasteiger partial charge is 0.171 e. The van der Waals surface area contributed by atoms with Gasteiger partial charge in [0.15, 0.2) is 11.6 Å². The lowest BCUT2D eigenvalue weighted by Crippen LogP contribution is -2.35. The van der Waals surface area contributed by atoms with E-state index in [1.165, 1.54) is 0 Å². The number of hydrogen-bond donors (Lipinski definition) is 0. The van der Waals surface area contributed by atoms with Gasteiger partial charge in [-0.3, -0.25) is 9.59 Å². The molecule has 1 aromatic rings. The van der Waals surface area contributed by atoms with Gasteiger partial charge in [0.05, 0.1) is 11.8 Å². The van der Waals surface area contributed by atoms with Crippen molar-refractivity contribution in [2.45, 2.75) is 0 Å². The van der Waals surface area contributed by atoms with Gasteiger partial charge in [0, 0.05) is 15.6 Å². The average Bonchev–Trinajstić information content (AvgIpc) is 2.36. The molecule has 0 aromatic heterocycles. The molecule has 84 valence electrons. The molecule has 0 amide bonds. The molecule has 0 radical (unpaired) electrons. The van der Waals surface area contributed by atoms with Crippen molar-refractivity contribution in [3.63, 3.8) is 0 Å². The van der Waals surface area contributed by atoms with Crippen molar-refractivity contribution in [2.24, 2.45) is 11.8 Å². The van der Waals surface area contributed by atoms with Crippen LogP contribution in [0.15, 0.2) is 47.0 Å². The van der Waals surface area contributed by atoms with Gasteiger partial charge in [-0.2, -0.15) is 0 Å². The molecule has 0 aliphatic heterocycles. The number of carbonyl (C=O) groups excluding carboxylic acids is 2. The molecule has 17 heavy (non-hydrogen) atoms. The molecule has 2 aliphatic rings. The fourth-order valence-electron chi connectivity index (χ4n) is 2.41. The summed E-state index contributed by atoms with van der Waals surface area (Å²) >= 11 is 3.35. The number of rotatable bonds is 0. The second kappa shape index (κ2) is 3.77. The standard InChI is InChI=1S/C14H9BrO2/c15-8-5-6-11-12(7-8)14(17)10-4-2-1-3-9(10)13(11)16/h1-7,11-12H. The summed E-state index contributed by atoms with van der Waals surface area (Å²) in [6.45, 7) is 0. The summed E-state index contributed by atoms with van der Waals surface area (Å²) in [5.74, 6) is -0.611. The minimum Gasteiger partial charge on any atom is -0.293 e. The highest BCUT2D eigenvalue weighted by atomic mass is 79.9. The highest BCUT2D eigenvalue weighted by Gasteiger charge is 2.39. The molecule has 1 aromatic carbocycles. The van der Waals surface area contributed by atoms with Crippen LogP contribution in [0.25, 0.3) is 0 Å². The molecule has 2 atom stereocenters. The Labute approximate surface area is 107 Å². The topological polar surface area (TPSA) is 34.1 Å². The summed E-state index contributed by atoms with van der Waals surface area (Å²) < 4.78 is 0.860. The summed E-state index contributed by atoms with van der Waals surface area (Å²) in [5, 5.41) is 0. The molecule has 0 N–H and O–H groups in total. The quantitative estimate of drug-likeness (QED) is 0.735. The van der Waals surface area contributed by atoms with Gasteiger partial charge in [-0.15, -0.1) is 0 Å². The largest absolute Gasteiger partial charge is 0.293 e. The molecule has 3 rings (SSSR count). The Morgan fingerprint density at radius 3 is 2.18 bits per heavy atom. The van der Waals surface area contributed by atoms with Crippen molar-refractivity contribution in [2.75, 3.05) is 0 Å². The molecule has 2 unspecified atom stereocenters. The molecule has 0 fully saturated rings. The van der Waals surface area contributed by atoms with E-state index < -0.39 is 0 Å². The van der Waals surface area contributed by atoms with Crippen molar-refractivity contribution in [3.05, 3.63) is 58.1 Å². The molecule has 3 heteroatoms. The third kappa shape index (κ3) is 1.53. The predicted octanol–water partition coefficient (Wildman–Crippen LogP) is 3.15. The van der Waals surface area contributed by atoms with Crippen molar-refractivity contribution >= 4 is 27.5 Å². The number of ketones is 2. The van der Waals surface area contributed by atoms with E-state index in [1.54, 1.807) is 24.3 Å². The van der Waals surface area contributed by atoms with Crippen molar-refractivity contribution < 1.29 is 9.59 Å². The van der Waals surface area contributed by atoms with E-state index in [0.717, 1.165) is 4.48 Å². The van der Waals surface area contributed by atoms with Crippen molar-refractivity contribution in [1.82, 2.24) is 0 Å². The molecular weight excluding hydrogens is 280 g/mol. The first kappa shape index (κ1) is 10.7. The lowest BCUT2D eigenvalue weighted by Gasteiger charge is -2.28. The fourth-order valence-corrected chi connectivity index (χ4v) is 2.84. The van der Waals surface area contributed by atoms with E-state index >= 15 is 0 Å². The van der Waals surface area contributed by atoms with E-state index in [-0.39, 0.29) is 23.4 Å². The highest BCUT2D eigenvalue weighted by Crippen LogP contribution is 2.36. The molecule has 0 heterocycles. The number of fused-ring (bicyclic) bond motifs is 2. The molecule has 2 nitrogen and oxygen atoms in total. The molecule has 0 saturated carbocycles. The molecule has 0 saturated heterocycles. The van der Waals surface area contributed by atoms with Crippen molar-refractivity contribution in [1.29, 1.82) is 0 Å². The molecule has 2 aliphatic carbocycles. The highest BCUT2D eigenvalue weighted by molar-refractivity contribution is 9.11. The number of Topliss-reactive ketones (excluding diaryl/α,β-unsaturated/α-hetero) is 2. The van der Waals surface area contributed by atoms with Gasteiger partial charge < -0.3 is 0 Å². The van der Waals surface area contributed by atoms with Crippen LogP contribution in [-0.2, 0) is 0 Å². The minimum absolute atomic E-state index is 0.0338. The Balaban J connectivity index is 2.19. The normalized spacial score (nSPS) is 26.3. The minimum atomic E-state index is -0.350. The zero-order chi connectivity index (χ0) is 12.0. The summed E-state index contributed by atoms with van der Waals surface area (Å²) in [4.78, 5) is 24.5. The number of hydrogen-bond acceptors (Lipinski definition) is 2. The first-order valence-electron chi connectivity index (χ1n) is 5.41. The lowest BCUT2D eigenvalue weighted by atomic mass is 9.72. The fraction of sp³-hybridized carbons (Fsp3) is 0.143. The second-order valence-corrected chi connectivity index (χ2v) is 5.15. The maximum atomic E-state index is 12.3. The van der Waals surface area contributed by atoms with Gasteiger partial charge in [-0.1, -0.05) is 58.4 Å². The van der Waals surface area contributed by atoms with E-state index in [0.29, 0.717) is 11.1 Å². The predicted molar refractivity (Wildman–Crippen MR) is 68.2 cm³/mol. The van der Waals surface area contributed by atoms with Gasteiger partial charge in [0.25, 0.3) is 0 Å². The second-order valence-electron chi connectivity index (χ2n) is 4.24. The molecule has 0 bridgehead atoms. The van der Waals surface area contributed by atoms with E-state index in [1.807, 2.05) is 18.2 Å². The van der Waals surface area contributed by atoms with Crippen molar-refractivity contribution in [3.8, 4) is 0 Å². The zero-order valence-corrected chi connectivity index (χ0v) is 10.5. The number of allylic oxidation sites excluding steroid dienone is 4. The van der Waals surface area contributed by atoms with E-state index in [2.05, 4.69) is 15.9 Å². The summed E-state index contributed by atoms with van der Waals surface area (Å²) in [5.41, 5.74) is 1.10. The summed E-state index contributed by atoms with van der Waals surface area (Å²) in [6.07, 6.45) is 5.46. The molecular formula is C14H9BrO2. The monoisotopic (exact) mass is 288 g/mol. The van der Waals surface area contributed by atoms with Crippen LogP contribution >= 0.6 is 15.9 Å². The van der Waals surface area contributed by atoms with Crippen LogP contribution in [0.2, 0.25) is 0 Å². The maximum absolute atomic E-state index is 12.3. The number of benzene rings is 1. The van der Waals surface area contributed by atoms with Crippen LogP contribution in [0.4, 0.5) is 0 Å². The summed E-state index contributed by atoms with van der Waals surface area (Å²) in [7, 11) is 0. The van der Waals surface area contributed by atoms with Gasteiger partial charge in [-0.25, -0.2) is 0 Å². The Kier molecular flexibility index (Phi) is 2.37. The van der Waals surface area contributed by atoms with Crippen LogP contribution < -0.4 is 0 Å². The van der Waals surface area contributed by atoms with Crippen LogP contribution in [-0.4, -0.2) is 11.6 Å². The lowest BCUT2D eigenvalue weighted by molar-refractivity contribution is 0.0801. The van der Waals surface area contributed by atoms with Crippen LogP contribution in [0.5, 0.6) is 0 Å². The Morgan fingerprint density at radius 2 is 1.53 bits per heavy atom. The van der Waals surface area contributed by atoms with Gasteiger partial charge in [-0.05, 0) is 0 Å². The summed E-state index contributed by atoms with van der Waals surface area (Å²) in [6, 6.07) is 7.04. The third-order valence-corrected chi connectivity index (χ3v) is 3.78. The van der Waals surface area contributed by atoms with Crippen LogP contribution in [0, 0.1) is 11.8 Å². The van der Waals surface area contributed by atoms with Gasteiger partial charge >= 0.3 is 0 Å². The molecule has 0 spiro atoms.